The molecular weight excluding hydrogens is 173 g/mol. The Morgan fingerprint density at radius 1 is 1.21 bits per heavy atom. The van der Waals surface area contributed by atoms with Crippen molar-refractivity contribution in [3.05, 3.63) is 30.3 Å². The van der Waals surface area contributed by atoms with E-state index in [0.717, 1.165) is 16.5 Å². The zero-order chi connectivity index (χ0) is 10.1. The van der Waals surface area contributed by atoms with Crippen molar-refractivity contribution in [2.24, 2.45) is 0 Å². The van der Waals surface area contributed by atoms with Crippen LogP contribution in [0.5, 0.6) is 5.75 Å². The van der Waals surface area contributed by atoms with E-state index in [1.807, 2.05) is 25.2 Å². The summed E-state index contributed by atoms with van der Waals surface area (Å²) < 4.78 is 0. The van der Waals surface area contributed by atoms with E-state index in [1.165, 1.54) is 5.46 Å². The number of hydrogen-bond acceptors (Lipinski definition) is 2. The fraction of sp³-hybridized carbons (Fsp3) is 0.0909. The number of nitrogens with one attached hydrogen (secondary N) is 1. The maximum absolute atomic E-state index is 9.62. The molecule has 3 heteroatoms. The number of benzene rings is 2. The summed E-state index contributed by atoms with van der Waals surface area (Å²) in [5.74, 6) is 0.295. The smallest absolute Gasteiger partial charge is 0.139 e. The van der Waals surface area contributed by atoms with Crippen molar-refractivity contribution in [1.29, 1.82) is 0 Å². The van der Waals surface area contributed by atoms with Gasteiger partial charge in [-0.2, -0.15) is 0 Å². The van der Waals surface area contributed by atoms with E-state index in [0.29, 0.717) is 5.75 Å². The highest BCUT2D eigenvalue weighted by Gasteiger charge is 2.04. The number of hydrogen-bond donors (Lipinski definition) is 2. The van der Waals surface area contributed by atoms with Crippen molar-refractivity contribution in [2.45, 2.75) is 0 Å². The number of phenolic OH excluding ortho intramolecular Hbond substituents is 1. The molecule has 0 amide bonds. The number of fused-ring (bicyclic) bond motifs is 1. The maximum atomic E-state index is 9.62. The molecule has 0 unspecified atom stereocenters. The van der Waals surface area contributed by atoms with Gasteiger partial charge in [-0.25, -0.2) is 0 Å². The Morgan fingerprint density at radius 3 is 2.71 bits per heavy atom. The second-order valence-corrected chi connectivity index (χ2v) is 3.43. The van der Waals surface area contributed by atoms with E-state index >= 15 is 0 Å². The molecule has 0 aromatic heterocycles. The molecule has 0 heterocycles. The molecule has 0 fully saturated rings. The van der Waals surface area contributed by atoms with Crippen LogP contribution in [-0.2, 0) is 0 Å². The summed E-state index contributed by atoms with van der Waals surface area (Å²) in [6, 6.07) is 9.82. The topological polar surface area (TPSA) is 32.3 Å². The third-order valence-corrected chi connectivity index (χ3v) is 2.40. The first-order valence-corrected chi connectivity index (χ1v) is 4.62. The van der Waals surface area contributed by atoms with Crippen molar-refractivity contribution in [3.63, 3.8) is 0 Å². The third-order valence-electron chi connectivity index (χ3n) is 2.40. The van der Waals surface area contributed by atoms with Crippen molar-refractivity contribution in [3.8, 4) is 5.75 Å². The van der Waals surface area contributed by atoms with E-state index in [2.05, 4.69) is 19.2 Å². The first-order chi connectivity index (χ1) is 6.72. The molecule has 0 saturated heterocycles. The van der Waals surface area contributed by atoms with Crippen LogP contribution in [0, 0.1) is 0 Å². The number of rotatable bonds is 1. The van der Waals surface area contributed by atoms with Crippen LogP contribution in [0.2, 0.25) is 0 Å². The molecule has 2 nitrogen and oxygen atoms in total. The van der Waals surface area contributed by atoms with Crippen LogP contribution in [0.15, 0.2) is 30.3 Å². The second-order valence-electron chi connectivity index (χ2n) is 3.43. The minimum atomic E-state index is 0.295. The Kier molecular flexibility index (Phi) is 2.08. The van der Waals surface area contributed by atoms with Gasteiger partial charge in [0.15, 0.2) is 0 Å². The monoisotopic (exact) mass is 185 g/mol. The molecule has 0 saturated carbocycles. The molecule has 0 spiro atoms. The predicted octanol–water partition coefficient (Wildman–Crippen LogP) is 0.845. The summed E-state index contributed by atoms with van der Waals surface area (Å²) in [4.78, 5) is 0. The fourth-order valence-electron chi connectivity index (χ4n) is 1.70. The SMILES string of the molecule is Bc1ccc2c(NC)c(O)ccc2c1. The lowest BCUT2D eigenvalue weighted by Crippen LogP contribution is -2.00. The van der Waals surface area contributed by atoms with Crippen LogP contribution in [-0.4, -0.2) is 20.0 Å². The van der Waals surface area contributed by atoms with Gasteiger partial charge in [0.1, 0.15) is 13.6 Å². The predicted molar refractivity (Wildman–Crippen MR) is 63.3 cm³/mol. The van der Waals surface area contributed by atoms with Gasteiger partial charge < -0.3 is 10.4 Å². The summed E-state index contributed by atoms with van der Waals surface area (Å²) in [6.07, 6.45) is 0. The Bertz CT molecular complexity index is 482. The first kappa shape index (κ1) is 8.94. The molecule has 2 rings (SSSR count). The molecule has 70 valence electrons. The minimum Gasteiger partial charge on any atom is -0.506 e. The van der Waals surface area contributed by atoms with Crippen molar-refractivity contribution in [2.75, 3.05) is 12.4 Å². The molecule has 0 aliphatic rings. The van der Waals surface area contributed by atoms with Gasteiger partial charge in [0.05, 0.1) is 5.69 Å². The highest BCUT2D eigenvalue weighted by molar-refractivity contribution is 6.33. The number of aromatic hydroxyl groups is 1. The molecule has 14 heavy (non-hydrogen) atoms. The summed E-state index contributed by atoms with van der Waals surface area (Å²) in [6.45, 7) is 0. The van der Waals surface area contributed by atoms with Gasteiger partial charge in [-0.05, 0) is 11.5 Å². The molecular formula is C11H12BNO. The summed E-state index contributed by atoms with van der Waals surface area (Å²) in [5.41, 5.74) is 2.02. The Morgan fingerprint density at radius 2 is 2.00 bits per heavy atom. The van der Waals surface area contributed by atoms with Crippen molar-refractivity contribution in [1.82, 2.24) is 0 Å². The lowest BCUT2D eigenvalue weighted by atomic mass is 9.93. The second kappa shape index (κ2) is 3.26. The van der Waals surface area contributed by atoms with Gasteiger partial charge in [0.25, 0.3) is 0 Å². The van der Waals surface area contributed by atoms with Crippen LogP contribution in [0.4, 0.5) is 5.69 Å². The number of anilines is 1. The summed E-state index contributed by atoms with van der Waals surface area (Å²) >= 11 is 0. The molecule has 2 aromatic rings. The van der Waals surface area contributed by atoms with Crippen LogP contribution in [0.3, 0.4) is 0 Å². The average Bonchev–Trinajstić information content (AvgIpc) is 2.18. The minimum absolute atomic E-state index is 0.295. The van der Waals surface area contributed by atoms with Gasteiger partial charge in [-0.15, -0.1) is 0 Å². The number of phenols is 1. The van der Waals surface area contributed by atoms with Gasteiger partial charge in [-0.3, -0.25) is 0 Å². The zero-order valence-corrected chi connectivity index (χ0v) is 8.33. The average molecular weight is 185 g/mol. The van der Waals surface area contributed by atoms with Crippen molar-refractivity contribution < 1.29 is 5.11 Å². The zero-order valence-electron chi connectivity index (χ0n) is 8.33. The van der Waals surface area contributed by atoms with Gasteiger partial charge in [-0.1, -0.05) is 29.7 Å². The third kappa shape index (κ3) is 1.31. The quantitative estimate of drug-likeness (QED) is 0.509. The van der Waals surface area contributed by atoms with Crippen LogP contribution >= 0.6 is 0 Å². The van der Waals surface area contributed by atoms with E-state index in [9.17, 15) is 5.11 Å². The van der Waals surface area contributed by atoms with E-state index < -0.39 is 0 Å². The molecule has 0 aliphatic heterocycles. The molecule has 2 aromatic carbocycles. The maximum Gasteiger partial charge on any atom is 0.139 e. The Labute approximate surface area is 84.0 Å². The Balaban J connectivity index is 2.82. The van der Waals surface area contributed by atoms with Gasteiger partial charge >= 0.3 is 0 Å². The highest BCUT2D eigenvalue weighted by atomic mass is 16.3. The summed E-state index contributed by atoms with van der Waals surface area (Å²) in [5, 5.41) is 14.8. The standard InChI is InChI=1S/C11H12BNO/c1-13-11-9-4-3-8(12)6-7(9)2-5-10(11)14/h2-6,13-14H,12H2,1H3. The normalized spacial score (nSPS) is 10.4. The van der Waals surface area contributed by atoms with Gasteiger partial charge in [0, 0.05) is 12.4 Å². The van der Waals surface area contributed by atoms with Crippen LogP contribution < -0.4 is 10.8 Å². The fourth-order valence-corrected chi connectivity index (χ4v) is 1.70. The summed E-state index contributed by atoms with van der Waals surface area (Å²) in [7, 11) is 3.87. The van der Waals surface area contributed by atoms with Gasteiger partial charge in [0.2, 0.25) is 0 Å². The molecule has 0 radical (unpaired) electrons. The van der Waals surface area contributed by atoms with E-state index in [-0.39, 0.29) is 0 Å². The highest BCUT2D eigenvalue weighted by Crippen LogP contribution is 2.31. The van der Waals surface area contributed by atoms with Crippen molar-refractivity contribution >= 4 is 29.8 Å². The van der Waals surface area contributed by atoms with E-state index in [1.54, 1.807) is 6.07 Å². The largest absolute Gasteiger partial charge is 0.506 e. The van der Waals surface area contributed by atoms with Crippen LogP contribution in [0.25, 0.3) is 10.8 Å². The molecule has 0 aliphatic carbocycles. The lowest BCUT2D eigenvalue weighted by Gasteiger charge is -2.08. The lowest BCUT2D eigenvalue weighted by molar-refractivity contribution is 0.478. The molecule has 0 atom stereocenters. The first-order valence-electron chi connectivity index (χ1n) is 4.62. The molecule has 2 N–H and O–H groups in total. The van der Waals surface area contributed by atoms with E-state index in [4.69, 9.17) is 0 Å². The Hall–Kier alpha value is -1.64. The molecule has 0 bridgehead atoms. The van der Waals surface area contributed by atoms with Crippen LogP contribution in [0.1, 0.15) is 0 Å².